The summed E-state index contributed by atoms with van der Waals surface area (Å²) in [5.41, 5.74) is 0.536. The molecule has 0 saturated carbocycles. The van der Waals surface area contributed by atoms with Crippen molar-refractivity contribution in [3.05, 3.63) is 0 Å². The molecule has 0 amide bonds. The number of rotatable bonds is 3. The maximum atomic E-state index is 6.24. The van der Waals surface area contributed by atoms with E-state index in [2.05, 4.69) is 44.4 Å². The van der Waals surface area contributed by atoms with Crippen molar-refractivity contribution < 1.29 is 4.74 Å². The summed E-state index contributed by atoms with van der Waals surface area (Å²) in [6, 6.07) is 0. The Bertz CT molecular complexity index is 301. The van der Waals surface area contributed by atoms with Crippen LogP contribution in [0.1, 0.15) is 47.5 Å². The Morgan fingerprint density at radius 2 is 1.70 bits per heavy atom. The molecule has 1 spiro atoms. The number of hydrogen-bond acceptors (Lipinski definition) is 3. The van der Waals surface area contributed by atoms with Crippen molar-refractivity contribution in [1.29, 1.82) is 0 Å². The predicted octanol–water partition coefficient (Wildman–Crippen LogP) is 2.86. The van der Waals surface area contributed by atoms with Gasteiger partial charge >= 0.3 is 0 Å². The largest absolute Gasteiger partial charge is 0.372 e. The summed E-state index contributed by atoms with van der Waals surface area (Å²) in [4.78, 5) is 5.24. The zero-order valence-corrected chi connectivity index (χ0v) is 14.2. The Hall–Kier alpha value is -0.120. The summed E-state index contributed by atoms with van der Waals surface area (Å²) in [6.07, 6.45) is 2.42. The first-order valence-corrected chi connectivity index (χ1v) is 8.37. The highest BCUT2D eigenvalue weighted by Crippen LogP contribution is 2.31. The lowest BCUT2D eigenvalue weighted by atomic mass is 9.87. The fourth-order valence-corrected chi connectivity index (χ4v) is 3.69. The Morgan fingerprint density at radius 3 is 2.25 bits per heavy atom. The van der Waals surface area contributed by atoms with Gasteiger partial charge in [-0.1, -0.05) is 34.6 Å². The minimum absolute atomic E-state index is 0.150. The fourth-order valence-electron chi connectivity index (χ4n) is 3.69. The Kier molecular flexibility index (Phi) is 5.14. The predicted molar refractivity (Wildman–Crippen MR) is 85.1 cm³/mol. The standard InChI is InChI=1S/C17H34N2O/c1-15(2)12-18-8-6-17(7-9-18)14-19(10-11-20-17)13-16(3,4)5/h15H,6-14H2,1-5H3. The van der Waals surface area contributed by atoms with E-state index in [1.807, 2.05) is 0 Å². The summed E-state index contributed by atoms with van der Waals surface area (Å²) in [5.74, 6) is 0.772. The van der Waals surface area contributed by atoms with Crippen LogP contribution in [-0.4, -0.2) is 61.3 Å². The van der Waals surface area contributed by atoms with E-state index in [1.165, 1.54) is 39.0 Å². The fraction of sp³-hybridized carbons (Fsp3) is 1.00. The molecule has 118 valence electrons. The third kappa shape index (κ3) is 4.71. The SMILES string of the molecule is CC(C)CN1CCC2(CC1)CN(CC(C)(C)C)CCO2. The van der Waals surface area contributed by atoms with Crippen LogP contribution in [0.3, 0.4) is 0 Å². The highest BCUT2D eigenvalue weighted by atomic mass is 16.5. The molecule has 3 heteroatoms. The van der Waals surface area contributed by atoms with E-state index in [1.54, 1.807) is 0 Å². The molecule has 20 heavy (non-hydrogen) atoms. The van der Waals surface area contributed by atoms with Gasteiger partial charge in [-0.3, -0.25) is 4.90 Å². The highest BCUT2D eigenvalue weighted by Gasteiger charge is 2.40. The van der Waals surface area contributed by atoms with E-state index in [0.717, 1.165) is 25.6 Å². The van der Waals surface area contributed by atoms with E-state index in [9.17, 15) is 0 Å². The molecular formula is C17H34N2O. The number of piperidine rings is 1. The van der Waals surface area contributed by atoms with Gasteiger partial charge in [0.15, 0.2) is 0 Å². The molecule has 0 N–H and O–H groups in total. The van der Waals surface area contributed by atoms with Crippen LogP contribution in [0.15, 0.2) is 0 Å². The van der Waals surface area contributed by atoms with Crippen LogP contribution in [0.4, 0.5) is 0 Å². The van der Waals surface area contributed by atoms with Gasteiger partial charge in [-0.25, -0.2) is 0 Å². The zero-order valence-electron chi connectivity index (χ0n) is 14.2. The molecule has 3 nitrogen and oxygen atoms in total. The maximum absolute atomic E-state index is 6.24. The first-order valence-electron chi connectivity index (χ1n) is 8.37. The molecule has 2 aliphatic rings. The first-order chi connectivity index (χ1) is 9.28. The molecule has 0 aliphatic carbocycles. The minimum Gasteiger partial charge on any atom is -0.372 e. The van der Waals surface area contributed by atoms with Crippen LogP contribution >= 0.6 is 0 Å². The van der Waals surface area contributed by atoms with E-state index in [-0.39, 0.29) is 5.60 Å². The average molecular weight is 282 g/mol. The van der Waals surface area contributed by atoms with E-state index in [4.69, 9.17) is 4.74 Å². The van der Waals surface area contributed by atoms with Gasteiger partial charge < -0.3 is 9.64 Å². The van der Waals surface area contributed by atoms with Crippen molar-refractivity contribution in [3.63, 3.8) is 0 Å². The van der Waals surface area contributed by atoms with Gasteiger partial charge in [-0.15, -0.1) is 0 Å². The summed E-state index contributed by atoms with van der Waals surface area (Å²) in [6.45, 7) is 19.6. The van der Waals surface area contributed by atoms with Gasteiger partial charge in [-0.2, -0.15) is 0 Å². The normalized spacial score (nSPS) is 25.5. The number of nitrogens with zero attached hydrogens (tertiary/aromatic N) is 2. The van der Waals surface area contributed by atoms with E-state index < -0.39 is 0 Å². The first kappa shape index (κ1) is 16.3. The molecule has 0 radical (unpaired) electrons. The van der Waals surface area contributed by atoms with Gasteiger partial charge in [0, 0.05) is 39.3 Å². The smallest absolute Gasteiger partial charge is 0.0833 e. The molecule has 0 aromatic rings. The van der Waals surface area contributed by atoms with Crippen LogP contribution in [-0.2, 0) is 4.74 Å². The van der Waals surface area contributed by atoms with Crippen molar-refractivity contribution in [2.45, 2.75) is 53.1 Å². The van der Waals surface area contributed by atoms with Crippen LogP contribution in [0.5, 0.6) is 0 Å². The molecule has 2 heterocycles. The Morgan fingerprint density at radius 1 is 1.05 bits per heavy atom. The molecule has 0 unspecified atom stereocenters. The number of ether oxygens (including phenoxy) is 1. The average Bonchev–Trinajstić information content (AvgIpc) is 2.30. The van der Waals surface area contributed by atoms with Crippen molar-refractivity contribution in [2.75, 3.05) is 45.9 Å². The van der Waals surface area contributed by atoms with Gasteiger partial charge in [0.25, 0.3) is 0 Å². The number of morpholine rings is 1. The maximum Gasteiger partial charge on any atom is 0.0833 e. The van der Waals surface area contributed by atoms with Crippen molar-refractivity contribution >= 4 is 0 Å². The van der Waals surface area contributed by atoms with Crippen molar-refractivity contribution in [3.8, 4) is 0 Å². The van der Waals surface area contributed by atoms with Gasteiger partial charge in [0.1, 0.15) is 0 Å². The van der Waals surface area contributed by atoms with Crippen LogP contribution in [0.25, 0.3) is 0 Å². The zero-order chi connectivity index (χ0) is 14.8. The van der Waals surface area contributed by atoms with Crippen LogP contribution in [0.2, 0.25) is 0 Å². The molecule has 0 bridgehead atoms. The van der Waals surface area contributed by atoms with Gasteiger partial charge in [0.05, 0.1) is 12.2 Å². The second-order valence-corrected chi connectivity index (χ2v) is 8.50. The molecule has 0 aromatic carbocycles. The molecule has 2 saturated heterocycles. The lowest BCUT2D eigenvalue weighted by Crippen LogP contribution is -2.58. The Labute approximate surface area is 125 Å². The number of likely N-dealkylation sites (tertiary alicyclic amines) is 1. The summed E-state index contributed by atoms with van der Waals surface area (Å²) < 4.78 is 6.24. The number of hydrogen-bond donors (Lipinski definition) is 0. The quantitative estimate of drug-likeness (QED) is 0.791. The highest BCUT2D eigenvalue weighted by molar-refractivity contribution is 4.93. The van der Waals surface area contributed by atoms with Crippen LogP contribution < -0.4 is 0 Å². The van der Waals surface area contributed by atoms with Crippen molar-refractivity contribution in [1.82, 2.24) is 9.80 Å². The second-order valence-electron chi connectivity index (χ2n) is 8.50. The second kappa shape index (κ2) is 6.33. The molecule has 0 aromatic heterocycles. The lowest BCUT2D eigenvalue weighted by Gasteiger charge is -2.48. The summed E-state index contributed by atoms with van der Waals surface area (Å²) in [7, 11) is 0. The Balaban J connectivity index is 1.86. The van der Waals surface area contributed by atoms with Gasteiger partial charge in [0.2, 0.25) is 0 Å². The molecule has 2 fully saturated rings. The van der Waals surface area contributed by atoms with E-state index in [0.29, 0.717) is 5.41 Å². The third-order valence-electron chi connectivity index (χ3n) is 4.42. The summed E-state index contributed by atoms with van der Waals surface area (Å²) >= 11 is 0. The van der Waals surface area contributed by atoms with Crippen molar-refractivity contribution in [2.24, 2.45) is 11.3 Å². The lowest BCUT2D eigenvalue weighted by molar-refractivity contribution is -0.140. The van der Waals surface area contributed by atoms with E-state index >= 15 is 0 Å². The molecule has 2 rings (SSSR count). The third-order valence-corrected chi connectivity index (χ3v) is 4.42. The summed E-state index contributed by atoms with van der Waals surface area (Å²) in [5, 5.41) is 0. The monoisotopic (exact) mass is 282 g/mol. The topological polar surface area (TPSA) is 15.7 Å². The molecule has 2 aliphatic heterocycles. The minimum atomic E-state index is 0.150. The van der Waals surface area contributed by atoms with Gasteiger partial charge in [-0.05, 0) is 24.2 Å². The molecular weight excluding hydrogens is 248 g/mol. The van der Waals surface area contributed by atoms with Crippen LogP contribution in [0, 0.1) is 11.3 Å². The molecule has 0 atom stereocenters.